The second-order valence-corrected chi connectivity index (χ2v) is 38.1. The Morgan fingerprint density at radius 3 is 1.29 bits per heavy atom. The van der Waals surface area contributed by atoms with Crippen LogP contribution in [-0.4, -0.2) is 0 Å². The summed E-state index contributed by atoms with van der Waals surface area (Å²) in [6.45, 7) is 16.1. The first-order valence-corrected chi connectivity index (χ1v) is 29.7. The van der Waals surface area contributed by atoms with Gasteiger partial charge in [-0.15, -0.1) is 0 Å². The molecule has 2 aliphatic carbocycles. The Labute approximate surface area is 312 Å². The first kappa shape index (κ1) is 34.8. The van der Waals surface area contributed by atoms with Gasteiger partial charge in [0.15, 0.2) is 0 Å². The van der Waals surface area contributed by atoms with Crippen molar-refractivity contribution in [3.8, 4) is 22.3 Å². The molecule has 257 valence electrons. The van der Waals surface area contributed by atoms with E-state index in [1.807, 2.05) is 0 Å². The Hall–Kier alpha value is -3.22. The number of benzene rings is 6. The van der Waals surface area contributed by atoms with E-state index in [2.05, 4.69) is 158 Å². The van der Waals surface area contributed by atoms with Gasteiger partial charge >= 0.3 is 315 Å². The number of hydrogen-bond acceptors (Lipinski definition) is 0. The van der Waals surface area contributed by atoms with Crippen LogP contribution in [0.15, 0.2) is 108 Å². The molecule has 0 saturated heterocycles. The van der Waals surface area contributed by atoms with Gasteiger partial charge in [0.05, 0.1) is 0 Å². The fraction of sp³-hybridized carbons (Fsp3) is 0.250. The number of allylic oxidation sites excluding steroid dienone is 2. The Morgan fingerprint density at radius 1 is 0.510 bits per heavy atom. The number of halogens is 2. The molecule has 0 fully saturated rings. The van der Waals surface area contributed by atoms with Crippen molar-refractivity contribution < 1.29 is 16.4 Å². The van der Waals surface area contributed by atoms with E-state index in [-0.39, 0.29) is 7.25 Å². The minimum absolute atomic E-state index is 0.0280. The third-order valence-corrected chi connectivity index (χ3v) is 33.4. The van der Waals surface area contributed by atoms with Crippen LogP contribution in [0.25, 0.3) is 56.0 Å². The van der Waals surface area contributed by atoms with Crippen molar-refractivity contribution in [1.29, 1.82) is 0 Å². The van der Waals surface area contributed by atoms with Crippen LogP contribution in [0, 0.1) is 27.7 Å². The fourth-order valence-electron chi connectivity index (χ4n) is 9.79. The number of rotatable bonds is 7. The van der Waals surface area contributed by atoms with Gasteiger partial charge in [-0.3, -0.25) is 0 Å². The predicted octanol–water partition coefficient (Wildman–Crippen LogP) is 15.4. The third-order valence-electron chi connectivity index (χ3n) is 12.7. The van der Waals surface area contributed by atoms with E-state index < -0.39 is 16.4 Å². The second kappa shape index (κ2) is 12.7. The number of fused-ring (bicyclic) bond motifs is 4. The number of aryl methyl sites for hydroxylation is 2. The van der Waals surface area contributed by atoms with Crippen LogP contribution in [0.5, 0.6) is 0 Å². The van der Waals surface area contributed by atoms with Gasteiger partial charge in [0, 0.05) is 0 Å². The van der Waals surface area contributed by atoms with Crippen molar-refractivity contribution in [3.63, 3.8) is 0 Å². The van der Waals surface area contributed by atoms with Gasteiger partial charge in [-0.2, -0.15) is 0 Å². The van der Waals surface area contributed by atoms with E-state index in [1.165, 1.54) is 99.5 Å². The SMILES string of the molecule is CCC1=Cc2c(-c3cccc4ccccc34)cc(C)c(C)c2[CH]1[Zr]([Cl])([Cl])([CH2]C)[CH]1C(CC)=Cc2c(-c3cccc4ccccc34)cc(C)c(C)c21. The maximum atomic E-state index is 8.72. The summed E-state index contributed by atoms with van der Waals surface area (Å²) in [6.07, 6.45) is 6.84. The molecule has 0 nitrogen and oxygen atoms in total. The summed E-state index contributed by atoms with van der Waals surface area (Å²) in [4.78, 5) is 0. The van der Waals surface area contributed by atoms with Gasteiger partial charge in [0.1, 0.15) is 0 Å². The topological polar surface area (TPSA) is 0 Å². The standard InChI is InChI=1S/2C23H21.C2H5.2ClH.Zr/c2*1-4-17-13-21-16(3)15(2)12-22(23(21)14-17)20-11-7-9-18-8-5-6-10-19(18)20;1-2;;;/h2*5-14H,4H2,1-3H3;1H2,2H3;2*1H;/q;;;;;+2/p-2. The van der Waals surface area contributed by atoms with Crippen molar-refractivity contribution in [2.75, 3.05) is 0 Å². The Bertz CT molecular complexity index is 2300. The number of hydrogen-bond donors (Lipinski definition) is 0. The molecule has 3 heteroatoms. The molecule has 0 radical (unpaired) electrons. The second-order valence-electron chi connectivity index (χ2n) is 15.2. The normalized spacial score (nSPS) is 17.6. The van der Waals surface area contributed by atoms with E-state index in [0.717, 1.165) is 17.0 Å². The van der Waals surface area contributed by atoms with Crippen LogP contribution in [-0.2, 0) is 16.4 Å². The predicted molar refractivity (Wildman–Crippen MR) is 222 cm³/mol. The molecule has 0 spiro atoms. The maximum absolute atomic E-state index is 8.72. The van der Waals surface area contributed by atoms with Crippen molar-refractivity contribution in [2.45, 2.75) is 72.7 Å². The van der Waals surface area contributed by atoms with Crippen LogP contribution < -0.4 is 0 Å². The van der Waals surface area contributed by atoms with E-state index >= 15 is 0 Å². The average molecular weight is 786 g/mol. The Balaban J connectivity index is 1.40. The first-order valence-electron chi connectivity index (χ1n) is 18.7. The van der Waals surface area contributed by atoms with Gasteiger partial charge in [0.25, 0.3) is 0 Å². The van der Waals surface area contributed by atoms with E-state index in [9.17, 15) is 0 Å². The van der Waals surface area contributed by atoms with E-state index in [0.29, 0.717) is 0 Å². The molecule has 2 atom stereocenters. The quantitative estimate of drug-likeness (QED) is 0.151. The average Bonchev–Trinajstić information content (AvgIpc) is 3.76. The molecule has 0 heterocycles. The molecule has 0 aliphatic heterocycles. The van der Waals surface area contributed by atoms with E-state index in [4.69, 9.17) is 17.0 Å². The van der Waals surface area contributed by atoms with Crippen molar-refractivity contribution in [2.24, 2.45) is 0 Å². The molecule has 2 unspecified atom stereocenters. The summed E-state index contributed by atoms with van der Waals surface area (Å²) < 4.78 is 0.863. The summed E-state index contributed by atoms with van der Waals surface area (Å²) in [5.74, 6) is 0. The van der Waals surface area contributed by atoms with Crippen LogP contribution in [0.3, 0.4) is 0 Å². The van der Waals surface area contributed by atoms with Gasteiger partial charge in [-0.1, -0.05) is 0 Å². The van der Waals surface area contributed by atoms with Crippen molar-refractivity contribution in [1.82, 2.24) is 0 Å². The van der Waals surface area contributed by atoms with Crippen LogP contribution in [0.1, 0.15) is 85.4 Å². The molecule has 8 rings (SSSR count). The van der Waals surface area contributed by atoms with Crippen LogP contribution in [0.4, 0.5) is 0 Å². The van der Waals surface area contributed by atoms with Crippen LogP contribution in [0.2, 0.25) is 4.13 Å². The Kier molecular flexibility index (Phi) is 8.69. The molecule has 51 heavy (non-hydrogen) atoms. The van der Waals surface area contributed by atoms with E-state index in [1.54, 1.807) is 0 Å². The first-order chi connectivity index (χ1) is 24.5. The molecular formula is C48H47Cl2Zr. The van der Waals surface area contributed by atoms with Crippen LogP contribution >= 0.6 is 17.0 Å². The Morgan fingerprint density at radius 2 is 0.902 bits per heavy atom. The molecule has 6 aromatic carbocycles. The molecular weight excluding hydrogens is 739 g/mol. The van der Waals surface area contributed by atoms with Gasteiger partial charge in [-0.25, -0.2) is 0 Å². The molecule has 0 N–H and O–H groups in total. The van der Waals surface area contributed by atoms with Crippen molar-refractivity contribution >= 4 is 50.7 Å². The molecule has 6 aromatic rings. The third kappa shape index (κ3) is 5.16. The molecule has 2 aliphatic rings. The fourth-order valence-corrected chi connectivity index (χ4v) is 28.4. The van der Waals surface area contributed by atoms with Gasteiger partial charge < -0.3 is 0 Å². The zero-order valence-corrected chi connectivity index (χ0v) is 34.9. The molecule has 0 amide bonds. The van der Waals surface area contributed by atoms with Gasteiger partial charge in [-0.05, 0) is 0 Å². The monoisotopic (exact) mass is 783 g/mol. The van der Waals surface area contributed by atoms with Crippen molar-refractivity contribution in [3.05, 3.63) is 153 Å². The summed E-state index contributed by atoms with van der Waals surface area (Å²) in [7, 11) is 17.4. The zero-order chi connectivity index (χ0) is 35.8. The molecule has 0 aromatic heterocycles. The summed E-state index contributed by atoms with van der Waals surface area (Å²) in [5, 5.41) is 5.09. The molecule has 0 bridgehead atoms. The summed E-state index contributed by atoms with van der Waals surface area (Å²) in [5.41, 5.74) is 18.7. The van der Waals surface area contributed by atoms with Gasteiger partial charge in [0.2, 0.25) is 0 Å². The molecule has 0 saturated carbocycles. The summed E-state index contributed by atoms with van der Waals surface area (Å²) in [6, 6.07) is 35.7. The minimum atomic E-state index is -5.00. The zero-order valence-electron chi connectivity index (χ0n) is 30.9. The summed E-state index contributed by atoms with van der Waals surface area (Å²) >= 11 is -5.00.